The van der Waals surface area contributed by atoms with Gasteiger partial charge in [-0.25, -0.2) is 0 Å². The zero-order valence-electron chi connectivity index (χ0n) is 10.7. The van der Waals surface area contributed by atoms with Gasteiger partial charge < -0.3 is 9.84 Å². The highest BCUT2D eigenvalue weighted by molar-refractivity contribution is 5.85. The minimum absolute atomic E-state index is 0. The van der Waals surface area contributed by atoms with Crippen molar-refractivity contribution in [2.24, 2.45) is 11.8 Å². The molecule has 0 radical (unpaired) electrons. The lowest BCUT2D eigenvalue weighted by Crippen LogP contribution is -2.14. The molecular weight excluding hydrogens is 250 g/mol. The summed E-state index contributed by atoms with van der Waals surface area (Å²) in [6.07, 6.45) is 8.48. The Kier molecular flexibility index (Phi) is 5.01. The molecule has 0 aromatic carbocycles. The summed E-state index contributed by atoms with van der Waals surface area (Å²) in [6.45, 7) is 2.29. The molecule has 1 aliphatic heterocycles. The van der Waals surface area contributed by atoms with Crippen molar-refractivity contribution in [1.29, 1.82) is 0 Å². The number of hydrogen-bond donors (Lipinski definition) is 1. The number of nitrogens with zero attached hydrogens (tertiary/aromatic N) is 2. The molecule has 1 saturated heterocycles. The fraction of sp³-hybridized carbons (Fsp3) is 0.846. The molecule has 2 heterocycles. The average Bonchev–Trinajstić information content (AvgIpc) is 3.06. The summed E-state index contributed by atoms with van der Waals surface area (Å²) in [5.74, 6) is 3.34. The zero-order valence-corrected chi connectivity index (χ0v) is 11.5. The summed E-state index contributed by atoms with van der Waals surface area (Å²) in [6, 6.07) is 0. The maximum atomic E-state index is 5.36. The summed E-state index contributed by atoms with van der Waals surface area (Å²) in [5.41, 5.74) is 0. The molecular formula is C13H22ClN3O. The molecule has 3 rings (SSSR count). The second-order valence-corrected chi connectivity index (χ2v) is 5.50. The fourth-order valence-corrected chi connectivity index (χ4v) is 2.58. The van der Waals surface area contributed by atoms with Gasteiger partial charge in [0.1, 0.15) is 0 Å². The highest BCUT2D eigenvalue weighted by Gasteiger charge is 2.24. The van der Waals surface area contributed by atoms with E-state index in [9.17, 15) is 0 Å². The van der Waals surface area contributed by atoms with Crippen LogP contribution in [0.3, 0.4) is 0 Å². The van der Waals surface area contributed by atoms with Gasteiger partial charge in [0.15, 0.2) is 5.82 Å². The molecule has 102 valence electrons. The molecule has 2 aliphatic rings. The molecule has 4 nitrogen and oxygen atoms in total. The molecule has 1 aromatic rings. The van der Waals surface area contributed by atoms with Crippen molar-refractivity contribution in [3.05, 3.63) is 11.7 Å². The minimum atomic E-state index is 0. The van der Waals surface area contributed by atoms with Gasteiger partial charge in [-0.15, -0.1) is 12.4 Å². The average molecular weight is 272 g/mol. The van der Waals surface area contributed by atoms with Gasteiger partial charge in [-0.2, -0.15) is 4.98 Å². The van der Waals surface area contributed by atoms with Gasteiger partial charge in [0.2, 0.25) is 5.89 Å². The van der Waals surface area contributed by atoms with E-state index in [1.165, 1.54) is 32.1 Å². The largest absolute Gasteiger partial charge is 0.339 e. The zero-order chi connectivity index (χ0) is 11.5. The lowest BCUT2D eigenvalue weighted by atomic mass is 9.97. The molecule has 1 unspecified atom stereocenters. The third kappa shape index (κ3) is 3.95. The predicted molar refractivity (Wildman–Crippen MR) is 71.9 cm³/mol. The molecule has 0 amide bonds. The molecule has 1 saturated carbocycles. The molecule has 5 heteroatoms. The first-order valence-corrected chi connectivity index (χ1v) is 6.92. The van der Waals surface area contributed by atoms with Crippen molar-refractivity contribution in [2.45, 2.75) is 44.9 Å². The number of nitrogens with one attached hydrogen (secondary N) is 1. The van der Waals surface area contributed by atoms with Gasteiger partial charge in [0.05, 0.1) is 0 Å². The first-order chi connectivity index (χ1) is 8.40. The van der Waals surface area contributed by atoms with Gasteiger partial charge in [-0.05, 0) is 57.0 Å². The van der Waals surface area contributed by atoms with Crippen LogP contribution in [0.2, 0.25) is 0 Å². The van der Waals surface area contributed by atoms with E-state index < -0.39 is 0 Å². The van der Waals surface area contributed by atoms with E-state index in [1.807, 2.05) is 0 Å². The molecule has 1 aromatic heterocycles. The third-order valence-electron chi connectivity index (χ3n) is 3.84. The molecule has 1 aliphatic carbocycles. The maximum Gasteiger partial charge on any atom is 0.226 e. The monoisotopic (exact) mass is 271 g/mol. The van der Waals surface area contributed by atoms with Crippen molar-refractivity contribution in [3.63, 3.8) is 0 Å². The van der Waals surface area contributed by atoms with Crippen molar-refractivity contribution in [1.82, 2.24) is 15.5 Å². The molecule has 18 heavy (non-hydrogen) atoms. The molecule has 2 fully saturated rings. The minimum Gasteiger partial charge on any atom is -0.339 e. The quantitative estimate of drug-likeness (QED) is 0.914. The van der Waals surface area contributed by atoms with Gasteiger partial charge in [-0.3, -0.25) is 0 Å². The first-order valence-electron chi connectivity index (χ1n) is 6.92. The SMILES string of the molecule is C1CNCCC(Cc2nc(CC3CC3)no2)C1.Cl. The highest BCUT2D eigenvalue weighted by atomic mass is 35.5. The van der Waals surface area contributed by atoms with Gasteiger partial charge in [0.25, 0.3) is 0 Å². The number of rotatable bonds is 4. The van der Waals surface area contributed by atoms with Crippen LogP contribution in [0.25, 0.3) is 0 Å². The predicted octanol–water partition coefficient (Wildman–Crippen LogP) is 2.38. The third-order valence-corrected chi connectivity index (χ3v) is 3.84. The van der Waals surface area contributed by atoms with Crippen LogP contribution in [0, 0.1) is 11.8 Å². The van der Waals surface area contributed by atoms with Crippen LogP contribution in [-0.4, -0.2) is 23.2 Å². The molecule has 0 bridgehead atoms. The summed E-state index contributed by atoms with van der Waals surface area (Å²) < 4.78 is 5.36. The maximum absolute atomic E-state index is 5.36. The Morgan fingerprint density at radius 3 is 2.72 bits per heavy atom. The van der Waals surface area contributed by atoms with Crippen LogP contribution >= 0.6 is 12.4 Å². The number of halogens is 1. The second kappa shape index (κ2) is 6.53. The van der Waals surface area contributed by atoms with E-state index >= 15 is 0 Å². The van der Waals surface area contributed by atoms with Crippen molar-refractivity contribution < 1.29 is 4.52 Å². The Hall–Kier alpha value is -0.610. The molecule has 0 spiro atoms. The summed E-state index contributed by atoms with van der Waals surface area (Å²) in [4.78, 5) is 4.52. The Bertz CT molecular complexity index is 357. The summed E-state index contributed by atoms with van der Waals surface area (Å²) in [7, 11) is 0. The van der Waals surface area contributed by atoms with Crippen LogP contribution in [0.1, 0.15) is 43.8 Å². The van der Waals surface area contributed by atoms with Crippen LogP contribution in [0.4, 0.5) is 0 Å². The van der Waals surface area contributed by atoms with E-state index in [1.54, 1.807) is 0 Å². The lowest BCUT2D eigenvalue weighted by Gasteiger charge is -2.09. The summed E-state index contributed by atoms with van der Waals surface area (Å²) in [5, 5.41) is 7.52. The Morgan fingerprint density at radius 2 is 1.89 bits per heavy atom. The van der Waals surface area contributed by atoms with Gasteiger partial charge >= 0.3 is 0 Å². The Balaban J connectivity index is 0.00000120. The first kappa shape index (κ1) is 13.8. The smallest absolute Gasteiger partial charge is 0.226 e. The van der Waals surface area contributed by atoms with Gasteiger partial charge in [0, 0.05) is 12.8 Å². The van der Waals surface area contributed by atoms with Crippen molar-refractivity contribution in [2.75, 3.05) is 13.1 Å². The van der Waals surface area contributed by atoms with Crippen molar-refractivity contribution >= 4 is 12.4 Å². The normalized spacial score (nSPS) is 24.3. The van der Waals surface area contributed by atoms with E-state index in [0.29, 0.717) is 0 Å². The van der Waals surface area contributed by atoms with Crippen molar-refractivity contribution in [3.8, 4) is 0 Å². The van der Waals surface area contributed by atoms with Crippen LogP contribution in [0.5, 0.6) is 0 Å². The van der Waals surface area contributed by atoms with Crippen LogP contribution < -0.4 is 5.32 Å². The van der Waals surface area contributed by atoms with E-state index in [2.05, 4.69) is 15.5 Å². The second-order valence-electron chi connectivity index (χ2n) is 5.50. The topological polar surface area (TPSA) is 51.0 Å². The molecule has 1 N–H and O–H groups in total. The Morgan fingerprint density at radius 1 is 1.06 bits per heavy atom. The Labute approximate surface area is 114 Å². The molecule has 1 atom stereocenters. The van der Waals surface area contributed by atoms with E-state index in [4.69, 9.17) is 4.52 Å². The van der Waals surface area contributed by atoms with Gasteiger partial charge in [-0.1, -0.05) is 5.16 Å². The summed E-state index contributed by atoms with van der Waals surface area (Å²) >= 11 is 0. The highest BCUT2D eigenvalue weighted by Crippen LogP contribution is 2.31. The fourth-order valence-electron chi connectivity index (χ4n) is 2.58. The number of hydrogen-bond acceptors (Lipinski definition) is 4. The lowest BCUT2D eigenvalue weighted by molar-refractivity contribution is 0.338. The van der Waals surface area contributed by atoms with E-state index in [-0.39, 0.29) is 12.4 Å². The van der Waals surface area contributed by atoms with E-state index in [0.717, 1.165) is 49.5 Å². The standard InChI is InChI=1S/C13H21N3O.ClH/c1-2-10(5-7-14-6-1)9-13-15-12(16-17-13)8-11-3-4-11;/h10-11,14H,1-9H2;1H. The van der Waals surface area contributed by atoms with Crippen LogP contribution in [-0.2, 0) is 12.8 Å². The number of aromatic nitrogens is 2. The van der Waals surface area contributed by atoms with Crippen LogP contribution in [0.15, 0.2) is 4.52 Å².